The van der Waals surface area contributed by atoms with Crippen LogP contribution < -0.4 is 15.0 Å². The first kappa shape index (κ1) is 20.0. The standard InChI is InChI=1S/C24H21N3O5/c1-13-25-18(32-26-13)9-6-12-27-21-14-7-4-5-8-15(14)22(28)19(21)16-10-11-17(30-2)23(31-3)20(16)24(27)29/h4-5,7-8,10-11H,6,9,12H2,1-3H3. The van der Waals surface area contributed by atoms with Crippen molar-refractivity contribution in [1.82, 2.24) is 14.7 Å². The molecule has 0 unspecified atom stereocenters. The lowest BCUT2D eigenvalue weighted by Crippen LogP contribution is -2.24. The van der Waals surface area contributed by atoms with Crippen molar-refractivity contribution in [2.45, 2.75) is 26.3 Å². The second kappa shape index (κ2) is 7.64. The Morgan fingerprint density at radius 3 is 2.50 bits per heavy atom. The monoisotopic (exact) mass is 431 g/mol. The number of methoxy groups -OCH3 is 2. The summed E-state index contributed by atoms with van der Waals surface area (Å²) in [6.07, 6.45) is 1.10. The van der Waals surface area contributed by atoms with Crippen LogP contribution in [0.3, 0.4) is 0 Å². The molecule has 8 heteroatoms. The van der Waals surface area contributed by atoms with E-state index in [9.17, 15) is 9.59 Å². The van der Waals surface area contributed by atoms with Gasteiger partial charge in [-0.25, -0.2) is 0 Å². The van der Waals surface area contributed by atoms with E-state index in [0.29, 0.717) is 70.2 Å². The van der Waals surface area contributed by atoms with Gasteiger partial charge in [0.1, 0.15) is 0 Å². The quantitative estimate of drug-likeness (QED) is 0.406. The van der Waals surface area contributed by atoms with E-state index in [4.69, 9.17) is 14.0 Å². The van der Waals surface area contributed by atoms with Gasteiger partial charge in [0.05, 0.1) is 30.9 Å². The zero-order valence-corrected chi connectivity index (χ0v) is 18.0. The van der Waals surface area contributed by atoms with Crippen molar-refractivity contribution in [3.8, 4) is 22.8 Å². The normalized spacial score (nSPS) is 12.2. The molecule has 1 aliphatic carbocycles. The molecule has 0 saturated heterocycles. The third-order valence-corrected chi connectivity index (χ3v) is 5.78. The highest BCUT2D eigenvalue weighted by molar-refractivity contribution is 6.27. The fraction of sp³-hybridized carbons (Fsp3) is 0.250. The van der Waals surface area contributed by atoms with Gasteiger partial charge >= 0.3 is 0 Å². The predicted octanol–water partition coefficient (Wildman–Crippen LogP) is 3.55. The second-order valence-corrected chi connectivity index (χ2v) is 7.62. The van der Waals surface area contributed by atoms with Gasteiger partial charge in [-0.15, -0.1) is 0 Å². The molecule has 8 nitrogen and oxygen atoms in total. The molecule has 0 aliphatic heterocycles. The largest absolute Gasteiger partial charge is 0.493 e. The molecule has 0 radical (unpaired) electrons. The average Bonchev–Trinajstić information content (AvgIpc) is 3.36. The number of carbonyl (C=O) groups excluding carboxylic acids is 1. The second-order valence-electron chi connectivity index (χ2n) is 7.62. The van der Waals surface area contributed by atoms with Crippen LogP contribution in [0.5, 0.6) is 11.5 Å². The van der Waals surface area contributed by atoms with Gasteiger partial charge in [0.15, 0.2) is 23.1 Å². The molecule has 0 N–H and O–H groups in total. The number of carbonyl (C=O) groups is 1. The van der Waals surface area contributed by atoms with Crippen molar-refractivity contribution in [1.29, 1.82) is 0 Å². The van der Waals surface area contributed by atoms with Crippen LogP contribution in [0, 0.1) is 6.92 Å². The lowest BCUT2D eigenvalue weighted by Gasteiger charge is -2.17. The third-order valence-electron chi connectivity index (χ3n) is 5.78. The average molecular weight is 431 g/mol. The maximum Gasteiger partial charge on any atom is 0.262 e. The Balaban J connectivity index is 1.74. The zero-order valence-electron chi connectivity index (χ0n) is 18.0. The van der Waals surface area contributed by atoms with E-state index in [1.807, 2.05) is 18.2 Å². The number of hydrogen-bond donors (Lipinski definition) is 0. The number of hydrogen-bond acceptors (Lipinski definition) is 7. The molecular formula is C24H21N3O5. The van der Waals surface area contributed by atoms with Crippen LogP contribution in [0.1, 0.15) is 34.1 Å². The smallest absolute Gasteiger partial charge is 0.262 e. The summed E-state index contributed by atoms with van der Waals surface area (Å²) in [5.74, 6) is 1.74. The molecule has 0 spiro atoms. The molecule has 4 aromatic rings. The van der Waals surface area contributed by atoms with Crippen molar-refractivity contribution in [3.63, 3.8) is 0 Å². The van der Waals surface area contributed by atoms with E-state index in [1.54, 1.807) is 29.7 Å². The van der Waals surface area contributed by atoms with Crippen LogP contribution in [0.2, 0.25) is 0 Å². The molecule has 1 aliphatic rings. The van der Waals surface area contributed by atoms with E-state index < -0.39 is 0 Å². The summed E-state index contributed by atoms with van der Waals surface area (Å²) in [7, 11) is 3.01. The van der Waals surface area contributed by atoms with E-state index in [-0.39, 0.29) is 11.3 Å². The Bertz CT molecular complexity index is 1430. The Labute approximate surface area is 183 Å². The highest BCUT2D eigenvalue weighted by Crippen LogP contribution is 2.43. The first-order valence-corrected chi connectivity index (χ1v) is 10.3. The predicted molar refractivity (Wildman–Crippen MR) is 118 cm³/mol. The summed E-state index contributed by atoms with van der Waals surface area (Å²) < 4.78 is 17.8. The van der Waals surface area contributed by atoms with E-state index in [0.717, 1.165) is 5.56 Å². The van der Waals surface area contributed by atoms with Crippen molar-refractivity contribution in [2.24, 2.45) is 0 Å². The number of benzene rings is 2. The van der Waals surface area contributed by atoms with Crippen molar-refractivity contribution in [2.75, 3.05) is 14.2 Å². The van der Waals surface area contributed by atoms with Crippen LogP contribution in [0.15, 0.2) is 45.7 Å². The van der Waals surface area contributed by atoms with Gasteiger partial charge in [-0.2, -0.15) is 4.98 Å². The minimum atomic E-state index is -0.235. The third kappa shape index (κ3) is 2.90. The molecule has 162 valence electrons. The van der Waals surface area contributed by atoms with Gasteiger partial charge in [-0.3, -0.25) is 9.59 Å². The van der Waals surface area contributed by atoms with Gasteiger partial charge in [0, 0.05) is 29.5 Å². The Morgan fingerprint density at radius 2 is 1.81 bits per heavy atom. The molecule has 0 fully saturated rings. The van der Waals surface area contributed by atoms with E-state index in [1.165, 1.54) is 14.2 Å². The SMILES string of the molecule is COc1ccc2c3c(n(CCCc4nc(C)no4)c(=O)c2c1OC)-c1ccccc1C3=O. The maximum absolute atomic E-state index is 13.8. The van der Waals surface area contributed by atoms with Crippen LogP contribution in [0.25, 0.3) is 22.0 Å². The summed E-state index contributed by atoms with van der Waals surface area (Å²) >= 11 is 0. The fourth-order valence-corrected chi connectivity index (χ4v) is 4.42. The molecule has 32 heavy (non-hydrogen) atoms. The Kier molecular flexibility index (Phi) is 4.77. The molecule has 2 aromatic heterocycles. The Hall–Kier alpha value is -3.94. The molecule has 2 heterocycles. The van der Waals surface area contributed by atoms with Crippen LogP contribution in [-0.4, -0.2) is 34.7 Å². The lowest BCUT2D eigenvalue weighted by atomic mass is 10.0. The van der Waals surface area contributed by atoms with Gasteiger partial charge in [0.25, 0.3) is 5.56 Å². The maximum atomic E-state index is 13.8. The molecule has 2 aromatic carbocycles. The molecule has 0 bridgehead atoms. The van der Waals surface area contributed by atoms with Gasteiger partial charge in [0.2, 0.25) is 5.89 Å². The summed E-state index contributed by atoms with van der Waals surface area (Å²) in [5, 5.41) is 4.71. The Morgan fingerprint density at radius 1 is 1.03 bits per heavy atom. The molecule has 0 atom stereocenters. The highest BCUT2D eigenvalue weighted by Gasteiger charge is 2.33. The minimum Gasteiger partial charge on any atom is -0.493 e. The summed E-state index contributed by atoms with van der Waals surface area (Å²) in [6, 6.07) is 10.8. The van der Waals surface area contributed by atoms with E-state index >= 15 is 0 Å². The number of aromatic nitrogens is 3. The number of ether oxygens (including phenoxy) is 2. The first-order chi connectivity index (χ1) is 15.5. The number of nitrogens with zero attached hydrogens (tertiary/aromatic N) is 3. The van der Waals surface area contributed by atoms with Crippen molar-refractivity contribution in [3.05, 3.63) is 69.6 Å². The minimum absolute atomic E-state index is 0.103. The number of fused-ring (bicyclic) bond motifs is 5. The van der Waals surface area contributed by atoms with Crippen LogP contribution in [0.4, 0.5) is 0 Å². The zero-order chi connectivity index (χ0) is 22.4. The van der Waals surface area contributed by atoms with E-state index in [2.05, 4.69) is 10.1 Å². The summed E-state index contributed by atoms with van der Waals surface area (Å²) in [6.45, 7) is 2.14. The number of aryl methyl sites for hydroxylation is 2. The van der Waals surface area contributed by atoms with Crippen LogP contribution in [-0.2, 0) is 13.0 Å². The van der Waals surface area contributed by atoms with Crippen molar-refractivity contribution >= 4 is 16.6 Å². The fourth-order valence-electron chi connectivity index (χ4n) is 4.42. The summed E-state index contributed by atoms with van der Waals surface area (Å²) in [5.41, 5.74) is 2.26. The number of rotatable bonds is 6. The molecule has 5 rings (SSSR count). The molecule has 0 amide bonds. The molecular weight excluding hydrogens is 410 g/mol. The van der Waals surface area contributed by atoms with Crippen LogP contribution >= 0.6 is 0 Å². The number of ketones is 1. The van der Waals surface area contributed by atoms with Gasteiger partial charge in [-0.1, -0.05) is 29.4 Å². The van der Waals surface area contributed by atoms with Gasteiger partial charge in [-0.05, 0) is 25.5 Å². The lowest BCUT2D eigenvalue weighted by molar-refractivity contribution is 0.104. The number of pyridine rings is 1. The molecule has 0 saturated carbocycles. The summed E-state index contributed by atoms with van der Waals surface area (Å²) in [4.78, 5) is 31.4. The topological polar surface area (TPSA) is 96.5 Å². The first-order valence-electron chi connectivity index (χ1n) is 10.3. The van der Waals surface area contributed by atoms with Crippen molar-refractivity contribution < 1.29 is 18.8 Å². The van der Waals surface area contributed by atoms with Gasteiger partial charge < -0.3 is 18.6 Å². The highest BCUT2D eigenvalue weighted by atomic mass is 16.5.